The SMILES string of the molecule is CN1CN(C)C(c2ncncn2)N(C)C1. The molecule has 0 spiro atoms. The molecule has 0 unspecified atom stereocenters. The number of rotatable bonds is 1. The van der Waals surface area contributed by atoms with Crippen LogP contribution in [0.1, 0.15) is 12.0 Å². The van der Waals surface area contributed by atoms with Gasteiger partial charge in [0.15, 0.2) is 5.82 Å². The minimum absolute atomic E-state index is 0.143. The summed E-state index contributed by atoms with van der Waals surface area (Å²) in [4.78, 5) is 18.9. The molecule has 0 saturated carbocycles. The van der Waals surface area contributed by atoms with Crippen molar-refractivity contribution >= 4 is 0 Å². The normalized spacial score (nSPS) is 22.1. The first kappa shape index (κ1) is 10.4. The van der Waals surface area contributed by atoms with Crippen LogP contribution in [0, 0.1) is 0 Å². The minimum atomic E-state index is 0.143. The zero-order valence-electron chi connectivity index (χ0n) is 9.33. The lowest BCUT2D eigenvalue weighted by Crippen LogP contribution is -2.52. The summed E-state index contributed by atoms with van der Waals surface area (Å²) in [6, 6.07) is 0. The Morgan fingerprint density at radius 3 is 2.13 bits per heavy atom. The maximum absolute atomic E-state index is 4.20. The molecule has 1 aromatic heterocycles. The second-order valence-corrected chi connectivity index (χ2v) is 4.02. The van der Waals surface area contributed by atoms with Crippen molar-refractivity contribution in [2.24, 2.45) is 0 Å². The average molecular weight is 208 g/mol. The molecule has 0 atom stereocenters. The molecule has 15 heavy (non-hydrogen) atoms. The maximum atomic E-state index is 4.20. The molecule has 0 radical (unpaired) electrons. The van der Waals surface area contributed by atoms with Gasteiger partial charge in [-0.25, -0.2) is 15.0 Å². The van der Waals surface area contributed by atoms with E-state index in [1.54, 1.807) is 12.7 Å². The van der Waals surface area contributed by atoms with Gasteiger partial charge in [0.05, 0.1) is 13.3 Å². The van der Waals surface area contributed by atoms with Gasteiger partial charge in [0, 0.05) is 0 Å². The second kappa shape index (κ2) is 4.18. The smallest absolute Gasteiger partial charge is 0.163 e. The van der Waals surface area contributed by atoms with Gasteiger partial charge in [-0.1, -0.05) is 0 Å². The van der Waals surface area contributed by atoms with E-state index in [0.29, 0.717) is 0 Å². The summed E-state index contributed by atoms with van der Waals surface area (Å²) in [7, 11) is 6.23. The topological polar surface area (TPSA) is 48.4 Å². The van der Waals surface area contributed by atoms with Crippen LogP contribution >= 0.6 is 0 Å². The molecular weight excluding hydrogens is 192 g/mol. The molecule has 1 aromatic rings. The number of nitrogens with zero attached hydrogens (tertiary/aromatic N) is 6. The Morgan fingerprint density at radius 2 is 1.60 bits per heavy atom. The summed E-state index contributed by atoms with van der Waals surface area (Å²) in [5, 5.41) is 0. The van der Waals surface area contributed by atoms with Crippen molar-refractivity contribution in [2.45, 2.75) is 6.17 Å². The van der Waals surface area contributed by atoms with Gasteiger partial charge >= 0.3 is 0 Å². The van der Waals surface area contributed by atoms with Gasteiger partial charge in [0.25, 0.3) is 0 Å². The molecule has 0 aromatic carbocycles. The van der Waals surface area contributed by atoms with Gasteiger partial charge in [-0.05, 0) is 21.1 Å². The van der Waals surface area contributed by atoms with Crippen LogP contribution in [0.25, 0.3) is 0 Å². The summed E-state index contributed by atoms with van der Waals surface area (Å²) in [6.07, 6.45) is 3.23. The summed E-state index contributed by atoms with van der Waals surface area (Å²) >= 11 is 0. The van der Waals surface area contributed by atoms with Crippen molar-refractivity contribution in [1.29, 1.82) is 0 Å². The number of hydrogen-bond acceptors (Lipinski definition) is 6. The second-order valence-electron chi connectivity index (χ2n) is 4.02. The Labute approximate surface area is 89.6 Å². The first-order valence-electron chi connectivity index (χ1n) is 4.89. The molecule has 1 saturated heterocycles. The summed E-state index contributed by atoms with van der Waals surface area (Å²) in [5.41, 5.74) is 0. The highest BCUT2D eigenvalue weighted by Crippen LogP contribution is 2.22. The zero-order valence-corrected chi connectivity index (χ0v) is 9.33. The van der Waals surface area contributed by atoms with Crippen LogP contribution in [0.4, 0.5) is 0 Å². The van der Waals surface area contributed by atoms with Crippen molar-refractivity contribution in [3.63, 3.8) is 0 Å². The first-order valence-corrected chi connectivity index (χ1v) is 4.89. The molecule has 0 amide bonds. The highest BCUT2D eigenvalue weighted by molar-refractivity contribution is 4.93. The van der Waals surface area contributed by atoms with Crippen LogP contribution in [0.5, 0.6) is 0 Å². The quantitative estimate of drug-likeness (QED) is 0.625. The number of hydrogen-bond donors (Lipinski definition) is 0. The molecule has 0 bridgehead atoms. The third kappa shape index (κ3) is 2.11. The minimum Gasteiger partial charge on any atom is -0.280 e. The molecule has 6 heteroatoms. The van der Waals surface area contributed by atoms with Crippen LogP contribution in [0.15, 0.2) is 12.7 Å². The third-order valence-corrected chi connectivity index (χ3v) is 2.51. The lowest BCUT2D eigenvalue weighted by molar-refractivity contribution is -0.0528. The van der Waals surface area contributed by atoms with Crippen LogP contribution in [0.2, 0.25) is 0 Å². The Bertz CT molecular complexity index is 304. The molecule has 1 fully saturated rings. The predicted octanol–water partition coefficient (Wildman–Crippen LogP) is -0.406. The Kier molecular flexibility index (Phi) is 2.90. The van der Waals surface area contributed by atoms with Crippen LogP contribution in [-0.4, -0.2) is 64.1 Å². The molecule has 1 aliphatic heterocycles. The standard InChI is InChI=1S/C9H16N6/c1-13-6-14(2)9(15(3)7-13)8-11-4-10-5-12-8/h4-5,9H,6-7H2,1-3H3. The maximum Gasteiger partial charge on any atom is 0.163 e. The molecule has 0 N–H and O–H groups in total. The lowest BCUT2D eigenvalue weighted by Gasteiger charge is -2.43. The molecule has 1 aliphatic rings. The fraction of sp³-hybridized carbons (Fsp3) is 0.667. The molecule has 0 aliphatic carbocycles. The van der Waals surface area contributed by atoms with Gasteiger partial charge in [0.1, 0.15) is 18.8 Å². The Morgan fingerprint density at radius 1 is 1.07 bits per heavy atom. The van der Waals surface area contributed by atoms with Crippen LogP contribution in [0.3, 0.4) is 0 Å². The molecular formula is C9H16N6. The Balaban J connectivity index is 2.21. The van der Waals surface area contributed by atoms with Crippen LogP contribution in [-0.2, 0) is 0 Å². The number of aromatic nitrogens is 3. The first-order chi connectivity index (χ1) is 7.18. The van der Waals surface area contributed by atoms with Gasteiger partial charge < -0.3 is 0 Å². The summed E-state index contributed by atoms with van der Waals surface area (Å²) in [6.45, 7) is 1.83. The van der Waals surface area contributed by atoms with Crippen molar-refractivity contribution in [3.05, 3.63) is 18.5 Å². The largest absolute Gasteiger partial charge is 0.280 e. The van der Waals surface area contributed by atoms with Crippen molar-refractivity contribution in [3.8, 4) is 0 Å². The van der Waals surface area contributed by atoms with E-state index >= 15 is 0 Å². The molecule has 2 rings (SSSR count). The third-order valence-electron chi connectivity index (χ3n) is 2.51. The Hall–Kier alpha value is -1.11. The van der Waals surface area contributed by atoms with E-state index in [1.165, 1.54) is 0 Å². The van der Waals surface area contributed by atoms with Crippen LogP contribution < -0.4 is 0 Å². The molecule has 82 valence electrons. The van der Waals surface area contributed by atoms with E-state index in [0.717, 1.165) is 19.2 Å². The van der Waals surface area contributed by atoms with Gasteiger partial charge in [-0.15, -0.1) is 0 Å². The highest BCUT2D eigenvalue weighted by atomic mass is 15.5. The lowest BCUT2D eigenvalue weighted by atomic mass is 10.3. The monoisotopic (exact) mass is 208 g/mol. The summed E-state index contributed by atoms with van der Waals surface area (Å²) < 4.78 is 0. The van der Waals surface area contributed by atoms with E-state index in [4.69, 9.17) is 0 Å². The molecule has 2 heterocycles. The highest BCUT2D eigenvalue weighted by Gasteiger charge is 2.29. The van der Waals surface area contributed by atoms with Gasteiger partial charge in [-0.3, -0.25) is 14.7 Å². The summed E-state index contributed by atoms with van der Waals surface area (Å²) in [5.74, 6) is 0.808. The predicted molar refractivity (Wildman–Crippen MR) is 55.6 cm³/mol. The van der Waals surface area contributed by atoms with Crippen molar-refractivity contribution in [2.75, 3.05) is 34.5 Å². The van der Waals surface area contributed by atoms with E-state index in [1.807, 2.05) is 0 Å². The zero-order chi connectivity index (χ0) is 10.8. The fourth-order valence-electron chi connectivity index (χ4n) is 2.07. The van der Waals surface area contributed by atoms with E-state index in [2.05, 4.69) is 50.8 Å². The van der Waals surface area contributed by atoms with E-state index < -0.39 is 0 Å². The van der Waals surface area contributed by atoms with Gasteiger partial charge in [-0.2, -0.15) is 0 Å². The van der Waals surface area contributed by atoms with E-state index in [-0.39, 0.29) is 6.17 Å². The van der Waals surface area contributed by atoms with E-state index in [9.17, 15) is 0 Å². The van der Waals surface area contributed by atoms with Crippen molar-refractivity contribution < 1.29 is 0 Å². The van der Waals surface area contributed by atoms with Gasteiger partial charge in [0.2, 0.25) is 0 Å². The fourth-order valence-corrected chi connectivity index (χ4v) is 2.07. The molecule has 6 nitrogen and oxygen atoms in total. The van der Waals surface area contributed by atoms with Crippen molar-refractivity contribution in [1.82, 2.24) is 29.7 Å². The average Bonchev–Trinajstić information content (AvgIpc) is 2.17.